The SMILES string of the molecule is Cc1cc(O[C@H](C)C(=O)Nc2ccc(-n3cnnn3)cc2)cc(C)c1Cl. The molecule has 1 heterocycles. The van der Waals surface area contributed by atoms with Gasteiger partial charge in [-0.25, -0.2) is 4.68 Å². The van der Waals surface area contributed by atoms with E-state index in [-0.39, 0.29) is 5.91 Å². The molecule has 1 atom stereocenters. The van der Waals surface area contributed by atoms with Gasteiger partial charge in [-0.05, 0) is 78.7 Å². The van der Waals surface area contributed by atoms with Crippen molar-refractivity contribution in [2.75, 3.05) is 5.32 Å². The molecular formula is C18H18ClN5O2. The molecule has 3 aromatic rings. The second-order valence-electron chi connectivity index (χ2n) is 5.92. The van der Waals surface area contributed by atoms with Crippen LogP contribution < -0.4 is 10.1 Å². The van der Waals surface area contributed by atoms with Crippen LogP contribution in [0.5, 0.6) is 5.75 Å². The lowest BCUT2D eigenvalue weighted by Gasteiger charge is -2.16. The molecule has 1 N–H and O–H groups in total. The summed E-state index contributed by atoms with van der Waals surface area (Å²) in [4.78, 5) is 12.4. The van der Waals surface area contributed by atoms with Crippen molar-refractivity contribution >= 4 is 23.2 Å². The number of rotatable bonds is 5. The predicted octanol–water partition coefficient (Wildman–Crippen LogP) is 3.34. The highest BCUT2D eigenvalue weighted by atomic mass is 35.5. The lowest BCUT2D eigenvalue weighted by Crippen LogP contribution is -2.30. The summed E-state index contributed by atoms with van der Waals surface area (Å²) in [6.45, 7) is 5.50. The summed E-state index contributed by atoms with van der Waals surface area (Å²) >= 11 is 6.16. The Morgan fingerprint density at radius 2 is 1.85 bits per heavy atom. The average molecular weight is 372 g/mol. The summed E-state index contributed by atoms with van der Waals surface area (Å²) < 4.78 is 7.28. The van der Waals surface area contributed by atoms with Crippen LogP contribution in [0.15, 0.2) is 42.7 Å². The lowest BCUT2D eigenvalue weighted by atomic mass is 10.1. The Balaban J connectivity index is 1.64. The molecule has 26 heavy (non-hydrogen) atoms. The molecule has 0 unspecified atom stereocenters. The van der Waals surface area contributed by atoms with Crippen LogP contribution in [-0.4, -0.2) is 32.2 Å². The lowest BCUT2D eigenvalue weighted by molar-refractivity contribution is -0.122. The largest absolute Gasteiger partial charge is 0.481 e. The first-order chi connectivity index (χ1) is 12.4. The van der Waals surface area contributed by atoms with Gasteiger partial charge in [-0.2, -0.15) is 0 Å². The predicted molar refractivity (Wildman–Crippen MR) is 98.8 cm³/mol. The van der Waals surface area contributed by atoms with E-state index < -0.39 is 6.10 Å². The number of hydrogen-bond acceptors (Lipinski definition) is 5. The van der Waals surface area contributed by atoms with Gasteiger partial charge in [0.1, 0.15) is 12.1 Å². The van der Waals surface area contributed by atoms with Gasteiger partial charge in [0.15, 0.2) is 6.10 Å². The van der Waals surface area contributed by atoms with Crippen LogP contribution in [0.1, 0.15) is 18.1 Å². The fourth-order valence-corrected chi connectivity index (χ4v) is 2.56. The van der Waals surface area contributed by atoms with Gasteiger partial charge >= 0.3 is 0 Å². The van der Waals surface area contributed by atoms with Crippen molar-refractivity contribution in [3.63, 3.8) is 0 Å². The molecule has 8 heteroatoms. The minimum Gasteiger partial charge on any atom is -0.481 e. The van der Waals surface area contributed by atoms with Gasteiger partial charge in [-0.1, -0.05) is 11.6 Å². The van der Waals surface area contributed by atoms with Crippen LogP contribution in [0.2, 0.25) is 5.02 Å². The Hall–Kier alpha value is -2.93. The van der Waals surface area contributed by atoms with Crippen molar-refractivity contribution in [3.05, 3.63) is 58.9 Å². The van der Waals surface area contributed by atoms with Gasteiger partial charge in [0.2, 0.25) is 0 Å². The zero-order valence-corrected chi connectivity index (χ0v) is 15.4. The van der Waals surface area contributed by atoms with Gasteiger partial charge in [-0.3, -0.25) is 4.79 Å². The molecule has 7 nitrogen and oxygen atoms in total. The minimum absolute atomic E-state index is 0.245. The zero-order chi connectivity index (χ0) is 18.7. The number of halogens is 1. The number of aromatic nitrogens is 4. The number of hydrogen-bond donors (Lipinski definition) is 1. The van der Waals surface area contributed by atoms with Crippen molar-refractivity contribution in [1.82, 2.24) is 20.2 Å². The van der Waals surface area contributed by atoms with E-state index >= 15 is 0 Å². The minimum atomic E-state index is -0.658. The first kappa shape index (κ1) is 17.9. The van der Waals surface area contributed by atoms with Gasteiger partial charge in [0.05, 0.1) is 5.69 Å². The standard InChI is InChI=1S/C18H18ClN5O2/c1-11-8-16(9-12(2)17(11)19)26-13(3)18(25)21-14-4-6-15(7-5-14)24-10-20-22-23-24/h4-10,13H,1-3H3,(H,21,25)/t13-/m1/s1. The third kappa shape index (κ3) is 4.00. The van der Waals surface area contributed by atoms with Crippen LogP contribution in [0.4, 0.5) is 5.69 Å². The number of tetrazole rings is 1. The molecule has 2 aromatic carbocycles. The van der Waals surface area contributed by atoms with Crippen molar-refractivity contribution in [2.45, 2.75) is 26.9 Å². The monoisotopic (exact) mass is 371 g/mol. The van der Waals surface area contributed by atoms with Crippen molar-refractivity contribution in [2.24, 2.45) is 0 Å². The Kier molecular flexibility index (Phi) is 5.18. The van der Waals surface area contributed by atoms with E-state index in [0.717, 1.165) is 16.8 Å². The Bertz CT molecular complexity index is 887. The van der Waals surface area contributed by atoms with Gasteiger partial charge in [0, 0.05) is 10.7 Å². The van der Waals surface area contributed by atoms with E-state index in [1.165, 1.54) is 11.0 Å². The molecule has 0 saturated heterocycles. The number of ether oxygens (including phenoxy) is 1. The number of carbonyl (C=O) groups is 1. The third-order valence-corrected chi connectivity index (χ3v) is 4.44. The second-order valence-corrected chi connectivity index (χ2v) is 6.30. The smallest absolute Gasteiger partial charge is 0.265 e. The Labute approximate surface area is 155 Å². The van der Waals surface area contributed by atoms with Crippen LogP contribution in [0.3, 0.4) is 0 Å². The maximum Gasteiger partial charge on any atom is 0.265 e. The van der Waals surface area contributed by atoms with E-state index in [1.54, 1.807) is 19.1 Å². The van der Waals surface area contributed by atoms with Crippen molar-refractivity contribution in [1.29, 1.82) is 0 Å². The normalized spacial score (nSPS) is 11.8. The maximum absolute atomic E-state index is 12.4. The van der Waals surface area contributed by atoms with E-state index in [9.17, 15) is 4.79 Å². The van der Waals surface area contributed by atoms with E-state index in [1.807, 2.05) is 38.1 Å². The summed E-state index contributed by atoms with van der Waals surface area (Å²) in [5.74, 6) is 0.367. The first-order valence-electron chi connectivity index (χ1n) is 8.02. The summed E-state index contributed by atoms with van der Waals surface area (Å²) in [5.41, 5.74) is 3.27. The molecule has 134 valence electrons. The Morgan fingerprint density at radius 1 is 1.19 bits per heavy atom. The second kappa shape index (κ2) is 7.53. The molecule has 3 rings (SSSR count). The molecule has 0 bridgehead atoms. The van der Waals surface area contributed by atoms with Crippen LogP contribution in [-0.2, 0) is 4.79 Å². The molecule has 0 saturated carbocycles. The molecule has 1 amide bonds. The highest BCUT2D eigenvalue weighted by Crippen LogP contribution is 2.26. The van der Waals surface area contributed by atoms with Crippen LogP contribution >= 0.6 is 11.6 Å². The average Bonchev–Trinajstić information content (AvgIpc) is 3.15. The summed E-state index contributed by atoms with van der Waals surface area (Å²) in [6, 6.07) is 10.8. The van der Waals surface area contributed by atoms with E-state index in [2.05, 4.69) is 20.8 Å². The Morgan fingerprint density at radius 3 is 2.42 bits per heavy atom. The number of anilines is 1. The first-order valence-corrected chi connectivity index (χ1v) is 8.39. The number of nitrogens with one attached hydrogen (secondary N) is 1. The van der Waals surface area contributed by atoms with Gasteiger partial charge in [0.25, 0.3) is 5.91 Å². The molecule has 0 fully saturated rings. The van der Waals surface area contributed by atoms with Crippen molar-refractivity contribution < 1.29 is 9.53 Å². The maximum atomic E-state index is 12.4. The molecule has 0 radical (unpaired) electrons. The summed E-state index contributed by atoms with van der Waals surface area (Å²) in [5, 5.41) is 14.5. The van der Waals surface area contributed by atoms with Crippen LogP contribution in [0, 0.1) is 13.8 Å². The number of amides is 1. The third-order valence-electron chi connectivity index (χ3n) is 3.84. The van der Waals surface area contributed by atoms with Gasteiger partial charge < -0.3 is 10.1 Å². The molecule has 1 aromatic heterocycles. The number of nitrogens with zero attached hydrogens (tertiary/aromatic N) is 4. The summed E-state index contributed by atoms with van der Waals surface area (Å²) in [6.07, 6.45) is 0.841. The fourth-order valence-electron chi connectivity index (χ4n) is 2.45. The molecule has 0 spiro atoms. The van der Waals surface area contributed by atoms with E-state index in [4.69, 9.17) is 16.3 Å². The topological polar surface area (TPSA) is 81.9 Å². The molecule has 0 aliphatic carbocycles. The van der Waals surface area contributed by atoms with E-state index in [0.29, 0.717) is 16.5 Å². The molecular weight excluding hydrogens is 354 g/mol. The zero-order valence-electron chi connectivity index (χ0n) is 14.6. The summed E-state index contributed by atoms with van der Waals surface area (Å²) in [7, 11) is 0. The highest BCUT2D eigenvalue weighted by molar-refractivity contribution is 6.32. The van der Waals surface area contributed by atoms with Crippen molar-refractivity contribution in [3.8, 4) is 11.4 Å². The number of benzene rings is 2. The van der Waals surface area contributed by atoms with Crippen LogP contribution in [0.25, 0.3) is 5.69 Å². The molecule has 0 aliphatic rings. The highest BCUT2D eigenvalue weighted by Gasteiger charge is 2.16. The molecule has 0 aliphatic heterocycles. The quantitative estimate of drug-likeness (QED) is 0.743. The fraction of sp³-hybridized carbons (Fsp3) is 0.222. The number of carbonyl (C=O) groups excluding carboxylic acids is 1. The van der Waals surface area contributed by atoms with Gasteiger partial charge in [-0.15, -0.1) is 5.10 Å². The number of aryl methyl sites for hydroxylation is 2.